The molecule has 0 aromatic heterocycles. The van der Waals surface area contributed by atoms with E-state index >= 15 is 0 Å². The number of anilines is 3. The van der Waals surface area contributed by atoms with Gasteiger partial charge >= 0.3 is 0 Å². The van der Waals surface area contributed by atoms with Gasteiger partial charge in [0, 0.05) is 24.5 Å². The Balaban J connectivity index is 1.47. The second-order valence-corrected chi connectivity index (χ2v) is 7.55. The van der Waals surface area contributed by atoms with Crippen molar-refractivity contribution in [2.24, 2.45) is 0 Å². The molecule has 4 rings (SSSR count). The molecule has 28 heavy (non-hydrogen) atoms. The Morgan fingerprint density at radius 2 is 1.68 bits per heavy atom. The van der Waals surface area contributed by atoms with E-state index in [2.05, 4.69) is 22.3 Å². The summed E-state index contributed by atoms with van der Waals surface area (Å²) >= 11 is 0. The lowest BCUT2D eigenvalue weighted by molar-refractivity contribution is -0.121. The molecular weight excluding hydrogens is 350 g/mol. The number of carbonyl (C=O) groups is 2. The number of para-hydroxylation sites is 1. The number of imide groups is 1. The van der Waals surface area contributed by atoms with Crippen LogP contribution in [-0.4, -0.2) is 30.9 Å². The van der Waals surface area contributed by atoms with Gasteiger partial charge in [0.15, 0.2) is 0 Å². The fraction of sp³-hybridized carbons (Fsp3) is 0.391. The molecule has 146 valence electrons. The molecule has 1 N–H and O–H groups in total. The molecular formula is C23H27N3O2. The molecule has 0 bridgehead atoms. The molecule has 5 nitrogen and oxygen atoms in total. The van der Waals surface area contributed by atoms with Crippen LogP contribution in [0.15, 0.2) is 48.5 Å². The first-order valence-electron chi connectivity index (χ1n) is 10.2. The third-order valence-corrected chi connectivity index (χ3v) is 5.69. The van der Waals surface area contributed by atoms with Crippen LogP contribution in [0.25, 0.3) is 0 Å². The lowest BCUT2D eigenvalue weighted by atomic mass is 10.1. The molecule has 0 radical (unpaired) electrons. The van der Waals surface area contributed by atoms with E-state index in [0.29, 0.717) is 5.69 Å². The van der Waals surface area contributed by atoms with Crippen LogP contribution < -0.4 is 15.1 Å². The number of amides is 2. The highest BCUT2D eigenvalue weighted by Crippen LogP contribution is 2.29. The summed E-state index contributed by atoms with van der Waals surface area (Å²) in [6.45, 7) is 4.24. The van der Waals surface area contributed by atoms with Crippen molar-refractivity contribution in [2.45, 2.75) is 45.1 Å². The first-order chi connectivity index (χ1) is 13.7. The zero-order valence-corrected chi connectivity index (χ0v) is 16.4. The number of rotatable bonds is 5. The van der Waals surface area contributed by atoms with Gasteiger partial charge in [-0.3, -0.25) is 9.59 Å². The quantitative estimate of drug-likeness (QED) is 0.801. The molecule has 2 heterocycles. The minimum atomic E-state index is -0.516. The van der Waals surface area contributed by atoms with Crippen molar-refractivity contribution in [1.82, 2.24) is 0 Å². The van der Waals surface area contributed by atoms with E-state index in [1.54, 1.807) is 0 Å². The van der Waals surface area contributed by atoms with E-state index in [1.807, 2.05) is 43.3 Å². The highest BCUT2D eigenvalue weighted by Gasteiger charge is 2.40. The normalized spacial score (nSPS) is 20.0. The zero-order chi connectivity index (χ0) is 19.5. The van der Waals surface area contributed by atoms with E-state index in [4.69, 9.17) is 0 Å². The van der Waals surface area contributed by atoms with E-state index in [-0.39, 0.29) is 18.2 Å². The first-order valence-corrected chi connectivity index (χ1v) is 10.2. The molecule has 0 saturated carbocycles. The Hall–Kier alpha value is -2.82. The second-order valence-electron chi connectivity index (χ2n) is 7.55. The summed E-state index contributed by atoms with van der Waals surface area (Å²) in [6, 6.07) is 15.3. The predicted molar refractivity (Wildman–Crippen MR) is 113 cm³/mol. The molecule has 2 aliphatic heterocycles. The van der Waals surface area contributed by atoms with Crippen LogP contribution in [0.2, 0.25) is 0 Å². The summed E-state index contributed by atoms with van der Waals surface area (Å²) in [5.74, 6) is -0.320. The van der Waals surface area contributed by atoms with Crippen LogP contribution in [0, 0.1) is 0 Å². The summed E-state index contributed by atoms with van der Waals surface area (Å²) in [7, 11) is 0. The number of hydrogen-bond acceptors (Lipinski definition) is 4. The zero-order valence-electron chi connectivity index (χ0n) is 16.4. The van der Waals surface area contributed by atoms with Crippen LogP contribution in [0.3, 0.4) is 0 Å². The maximum absolute atomic E-state index is 12.9. The smallest absolute Gasteiger partial charge is 0.256 e. The average Bonchev–Trinajstić information content (AvgIpc) is 3.02. The van der Waals surface area contributed by atoms with Crippen LogP contribution in [0.1, 0.15) is 38.2 Å². The van der Waals surface area contributed by atoms with Crippen molar-refractivity contribution in [3.8, 4) is 0 Å². The number of aryl methyl sites for hydroxylation is 1. The lowest BCUT2D eigenvalue weighted by Crippen LogP contribution is -2.35. The molecule has 1 atom stereocenters. The lowest BCUT2D eigenvalue weighted by Gasteiger charge is -2.29. The Bertz CT molecular complexity index is 856. The van der Waals surface area contributed by atoms with Gasteiger partial charge in [0.1, 0.15) is 6.04 Å². The standard InChI is InChI=1S/C23H27N3O2/c1-2-17-8-4-5-9-21(17)26-22(27)16-20(23(26)28)24-18-10-12-19(13-11-18)25-14-6-3-7-15-25/h4-5,8-13,20,24H,2-3,6-7,14-16H2,1H3/t20-/m1/s1. The average molecular weight is 377 g/mol. The molecule has 2 aromatic carbocycles. The van der Waals surface area contributed by atoms with Crippen molar-refractivity contribution < 1.29 is 9.59 Å². The molecule has 5 heteroatoms. The van der Waals surface area contributed by atoms with Crippen LogP contribution >= 0.6 is 0 Å². The number of piperidine rings is 1. The van der Waals surface area contributed by atoms with Gasteiger partial charge in [-0.1, -0.05) is 25.1 Å². The van der Waals surface area contributed by atoms with E-state index in [0.717, 1.165) is 30.8 Å². The topological polar surface area (TPSA) is 52.7 Å². The van der Waals surface area contributed by atoms with Crippen molar-refractivity contribution in [3.63, 3.8) is 0 Å². The van der Waals surface area contributed by atoms with E-state index in [9.17, 15) is 9.59 Å². The van der Waals surface area contributed by atoms with Crippen LogP contribution in [0.4, 0.5) is 17.1 Å². The van der Waals surface area contributed by atoms with Gasteiger partial charge in [-0.15, -0.1) is 0 Å². The van der Waals surface area contributed by atoms with Gasteiger partial charge in [0.05, 0.1) is 12.1 Å². The molecule has 2 fully saturated rings. The molecule has 2 aromatic rings. The Morgan fingerprint density at radius 3 is 2.39 bits per heavy atom. The maximum atomic E-state index is 12.9. The largest absolute Gasteiger partial charge is 0.373 e. The van der Waals surface area contributed by atoms with Gasteiger partial charge in [-0.05, 0) is 61.6 Å². The Kier molecular flexibility index (Phi) is 5.33. The number of benzene rings is 2. The second kappa shape index (κ2) is 8.05. The van der Waals surface area contributed by atoms with E-state index < -0.39 is 6.04 Å². The van der Waals surface area contributed by atoms with Gasteiger partial charge in [0.25, 0.3) is 5.91 Å². The Labute approximate surface area is 166 Å². The molecule has 0 spiro atoms. The summed E-state index contributed by atoms with van der Waals surface area (Å²) in [5, 5.41) is 3.26. The SMILES string of the molecule is CCc1ccccc1N1C(=O)C[C@@H](Nc2ccc(N3CCCCC3)cc2)C1=O. The first kappa shape index (κ1) is 18.5. The van der Waals surface area contributed by atoms with Gasteiger partial charge in [-0.2, -0.15) is 0 Å². The highest BCUT2D eigenvalue weighted by atomic mass is 16.2. The van der Waals surface area contributed by atoms with Gasteiger partial charge in [-0.25, -0.2) is 4.90 Å². The third-order valence-electron chi connectivity index (χ3n) is 5.69. The van der Waals surface area contributed by atoms with Crippen molar-refractivity contribution >= 4 is 28.9 Å². The molecule has 2 saturated heterocycles. The Morgan fingerprint density at radius 1 is 0.964 bits per heavy atom. The minimum absolute atomic E-state index is 0.145. The fourth-order valence-corrected chi connectivity index (χ4v) is 4.15. The monoisotopic (exact) mass is 377 g/mol. The van der Waals surface area contributed by atoms with E-state index in [1.165, 1.54) is 29.8 Å². The number of carbonyl (C=O) groups excluding carboxylic acids is 2. The highest BCUT2D eigenvalue weighted by molar-refractivity contribution is 6.23. The third kappa shape index (κ3) is 3.61. The molecule has 0 unspecified atom stereocenters. The van der Waals surface area contributed by atoms with Crippen molar-refractivity contribution in [3.05, 3.63) is 54.1 Å². The molecule has 0 aliphatic carbocycles. The molecule has 2 aliphatic rings. The number of hydrogen-bond donors (Lipinski definition) is 1. The number of nitrogens with zero attached hydrogens (tertiary/aromatic N) is 2. The summed E-state index contributed by atoms with van der Waals surface area (Å²) in [6.07, 6.45) is 4.77. The number of nitrogens with one attached hydrogen (secondary N) is 1. The van der Waals surface area contributed by atoms with Crippen LogP contribution in [-0.2, 0) is 16.0 Å². The van der Waals surface area contributed by atoms with Gasteiger partial charge in [0.2, 0.25) is 5.91 Å². The van der Waals surface area contributed by atoms with Gasteiger partial charge < -0.3 is 10.2 Å². The predicted octanol–water partition coefficient (Wildman–Crippen LogP) is 3.98. The fourth-order valence-electron chi connectivity index (χ4n) is 4.15. The van der Waals surface area contributed by atoms with Crippen molar-refractivity contribution in [2.75, 3.05) is 28.2 Å². The maximum Gasteiger partial charge on any atom is 0.256 e. The summed E-state index contributed by atoms with van der Waals surface area (Å²) in [4.78, 5) is 29.3. The van der Waals surface area contributed by atoms with Crippen molar-refractivity contribution in [1.29, 1.82) is 0 Å². The van der Waals surface area contributed by atoms with Crippen LogP contribution in [0.5, 0.6) is 0 Å². The summed E-state index contributed by atoms with van der Waals surface area (Å²) < 4.78 is 0. The molecule has 2 amide bonds. The minimum Gasteiger partial charge on any atom is -0.373 e. The summed E-state index contributed by atoms with van der Waals surface area (Å²) in [5.41, 5.74) is 3.82.